The van der Waals surface area contributed by atoms with E-state index >= 15 is 0 Å². The maximum atomic E-state index is 12.6. The SMILES string of the molecule is CC(Oc1ccc(Cl)cc1Cl)C(=O)N1CCN(c2ccccn2)CC1. The molecule has 2 heterocycles. The van der Waals surface area contributed by atoms with Crippen molar-refractivity contribution in [3.05, 3.63) is 52.6 Å². The molecule has 1 unspecified atom stereocenters. The van der Waals surface area contributed by atoms with E-state index in [0.29, 0.717) is 28.9 Å². The Kier molecular flexibility index (Phi) is 5.66. The summed E-state index contributed by atoms with van der Waals surface area (Å²) in [5, 5.41) is 0.925. The Labute approximate surface area is 157 Å². The van der Waals surface area contributed by atoms with Gasteiger partial charge >= 0.3 is 0 Å². The lowest BCUT2D eigenvalue weighted by atomic mass is 10.2. The number of piperazine rings is 1. The third-order valence-electron chi connectivity index (χ3n) is 4.11. The molecule has 1 saturated heterocycles. The number of amides is 1. The van der Waals surface area contributed by atoms with Crippen molar-refractivity contribution in [2.45, 2.75) is 13.0 Å². The smallest absolute Gasteiger partial charge is 0.263 e. The molecule has 25 heavy (non-hydrogen) atoms. The highest BCUT2D eigenvalue weighted by Gasteiger charge is 2.26. The molecule has 132 valence electrons. The quantitative estimate of drug-likeness (QED) is 0.815. The van der Waals surface area contributed by atoms with Gasteiger partial charge < -0.3 is 14.5 Å². The van der Waals surface area contributed by atoms with Gasteiger partial charge in [-0.3, -0.25) is 4.79 Å². The molecular weight excluding hydrogens is 361 g/mol. The number of nitrogens with zero attached hydrogens (tertiary/aromatic N) is 3. The van der Waals surface area contributed by atoms with Gasteiger partial charge in [0.05, 0.1) is 5.02 Å². The monoisotopic (exact) mass is 379 g/mol. The summed E-state index contributed by atoms with van der Waals surface area (Å²) in [5.41, 5.74) is 0. The lowest BCUT2D eigenvalue weighted by Gasteiger charge is -2.36. The first-order valence-electron chi connectivity index (χ1n) is 8.11. The fraction of sp³-hybridized carbons (Fsp3) is 0.333. The first-order chi connectivity index (χ1) is 12.0. The van der Waals surface area contributed by atoms with Crippen LogP contribution in [0.25, 0.3) is 0 Å². The predicted molar refractivity (Wildman–Crippen MR) is 99.6 cm³/mol. The molecule has 7 heteroatoms. The Morgan fingerprint density at radius 3 is 2.56 bits per heavy atom. The molecule has 0 bridgehead atoms. The maximum Gasteiger partial charge on any atom is 0.263 e. The van der Waals surface area contributed by atoms with Crippen LogP contribution < -0.4 is 9.64 Å². The van der Waals surface area contributed by atoms with Crippen LogP contribution in [-0.4, -0.2) is 48.1 Å². The fourth-order valence-electron chi connectivity index (χ4n) is 2.77. The minimum Gasteiger partial charge on any atom is -0.479 e. The summed E-state index contributed by atoms with van der Waals surface area (Å²) in [6, 6.07) is 10.8. The van der Waals surface area contributed by atoms with Crippen molar-refractivity contribution in [1.29, 1.82) is 0 Å². The maximum absolute atomic E-state index is 12.6. The van der Waals surface area contributed by atoms with Gasteiger partial charge in [0.1, 0.15) is 11.6 Å². The number of ether oxygens (including phenoxy) is 1. The summed E-state index contributed by atoms with van der Waals surface area (Å²) >= 11 is 12.0. The van der Waals surface area contributed by atoms with Gasteiger partial charge in [-0.25, -0.2) is 4.98 Å². The number of rotatable bonds is 4. The van der Waals surface area contributed by atoms with Gasteiger partial charge in [-0.2, -0.15) is 0 Å². The van der Waals surface area contributed by atoms with Crippen LogP contribution in [0.15, 0.2) is 42.6 Å². The minimum atomic E-state index is -0.611. The molecule has 1 aliphatic rings. The molecule has 3 rings (SSSR count). The first-order valence-corrected chi connectivity index (χ1v) is 8.86. The highest BCUT2D eigenvalue weighted by Crippen LogP contribution is 2.28. The molecule has 2 aromatic rings. The number of carbonyl (C=O) groups excluding carboxylic acids is 1. The lowest BCUT2D eigenvalue weighted by Crippen LogP contribution is -2.52. The van der Waals surface area contributed by atoms with E-state index in [-0.39, 0.29) is 5.91 Å². The van der Waals surface area contributed by atoms with Crippen molar-refractivity contribution in [3.63, 3.8) is 0 Å². The third-order valence-corrected chi connectivity index (χ3v) is 4.64. The van der Waals surface area contributed by atoms with Crippen LogP contribution in [0.2, 0.25) is 10.0 Å². The topological polar surface area (TPSA) is 45.7 Å². The largest absolute Gasteiger partial charge is 0.479 e. The number of aromatic nitrogens is 1. The number of benzene rings is 1. The average Bonchev–Trinajstić information content (AvgIpc) is 2.64. The highest BCUT2D eigenvalue weighted by molar-refractivity contribution is 6.35. The van der Waals surface area contributed by atoms with Crippen LogP contribution in [0.1, 0.15) is 6.92 Å². The second kappa shape index (κ2) is 7.93. The standard InChI is InChI=1S/C18H19Cl2N3O2/c1-13(25-16-6-5-14(19)12-15(16)20)18(24)23-10-8-22(9-11-23)17-4-2-3-7-21-17/h2-7,12-13H,8-11H2,1H3. The van der Waals surface area contributed by atoms with Crippen molar-refractivity contribution in [1.82, 2.24) is 9.88 Å². The lowest BCUT2D eigenvalue weighted by molar-refractivity contribution is -0.138. The van der Waals surface area contributed by atoms with Gasteiger partial charge in [0.2, 0.25) is 0 Å². The van der Waals surface area contributed by atoms with E-state index in [1.54, 1.807) is 31.3 Å². The van der Waals surface area contributed by atoms with Crippen LogP contribution in [0, 0.1) is 0 Å². The molecule has 1 aromatic heterocycles. The number of carbonyl (C=O) groups is 1. The van der Waals surface area contributed by atoms with Crippen LogP contribution in [0.4, 0.5) is 5.82 Å². The highest BCUT2D eigenvalue weighted by atomic mass is 35.5. The van der Waals surface area contributed by atoms with Crippen molar-refractivity contribution < 1.29 is 9.53 Å². The van der Waals surface area contributed by atoms with Gasteiger partial charge in [-0.15, -0.1) is 0 Å². The predicted octanol–water partition coefficient (Wildman–Crippen LogP) is 3.50. The number of hydrogen-bond donors (Lipinski definition) is 0. The van der Waals surface area contributed by atoms with E-state index in [1.807, 2.05) is 23.1 Å². The van der Waals surface area contributed by atoms with Gasteiger partial charge in [0, 0.05) is 37.4 Å². The number of pyridine rings is 1. The van der Waals surface area contributed by atoms with Gasteiger partial charge in [-0.1, -0.05) is 29.3 Å². The molecule has 5 nitrogen and oxygen atoms in total. The van der Waals surface area contributed by atoms with E-state index in [0.717, 1.165) is 18.9 Å². The van der Waals surface area contributed by atoms with E-state index < -0.39 is 6.10 Å². The van der Waals surface area contributed by atoms with E-state index in [1.165, 1.54) is 0 Å². The second-order valence-electron chi connectivity index (χ2n) is 5.84. The summed E-state index contributed by atoms with van der Waals surface area (Å²) < 4.78 is 5.72. The van der Waals surface area contributed by atoms with Crippen LogP contribution in [0.3, 0.4) is 0 Å². The molecule has 1 amide bonds. The summed E-state index contributed by atoms with van der Waals surface area (Å²) in [7, 11) is 0. The Bertz CT molecular complexity index is 734. The Balaban J connectivity index is 1.56. The van der Waals surface area contributed by atoms with E-state index in [2.05, 4.69) is 9.88 Å². The molecule has 0 aliphatic carbocycles. The molecular formula is C18H19Cl2N3O2. The third kappa shape index (κ3) is 4.35. The summed E-state index contributed by atoms with van der Waals surface area (Å²) in [6.07, 6.45) is 1.17. The summed E-state index contributed by atoms with van der Waals surface area (Å²) in [4.78, 5) is 21.0. The Morgan fingerprint density at radius 2 is 1.92 bits per heavy atom. The first kappa shape index (κ1) is 17.8. The molecule has 1 fully saturated rings. The molecule has 0 saturated carbocycles. The summed E-state index contributed by atoms with van der Waals surface area (Å²) in [6.45, 7) is 4.50. The second-order valence-corrected chi connectivity index (χ2v) is 6.68. The molecule has 1 atom stereocenters. The minimum absolute atomic E-state index is 0.0494. The van der Waals surface area contributed by atoms with Crippen molar-refractivity contribution >= 4 is 34.9 Å². The van der Waals surface area contributed by atoms with Crippen molar-refractivity contribution in [3.8, 4) is 5.75 Å². The number of halogens is 2. The molecule has 0 spiro atoms. The van der Waals surface area contributed by atoms with Crippen LogP contribution in [-0.2, 0) is 4.79 Å². The fourth-order valence-corrected chi connectivity index (χ4v) is 3.22. The van der Waals surface area contributed by atoms with Crippen molar-refractivity contribution in [2.24, 2.45) is 0 Å². The molecule has 1 aromatic carbocycles. The molecule has 1 aliphatic heterocycles. The molecule has 0 radical (unpaired) electrons. The number of hydrogen-bond acceptors (Lipinski definition) is 4. The van der Waals surface area contributed by atoms with Gasteiger partial charge in [-0.05, 0) is 37.3 Å². The Hall–Kier alpha value is -1.98. The zero-order chi connectivity index (χ0) is 17.8. The molecule has 0 N–H and O–H groups in total. The normalized spacial score (nSPS) is 15.8. The van der Waals surface area contributed by atoms with Crippen LogP contribution in [0.5, 0.6) is 5.75 Å². The van der Waals surface area contributed by atoms with Gasteiger partial charge in [0.15, 0.2) is 6.10 Å². The summed E-state index contributed by atoms with van der Waals surface area (Å²) in [5.74, 6) is 1.34. The zero-order valence-electron chi connectivity index (χ0n) is 13.9. The Morgan fingerprint density at radius 1 is 1.16 bits per heavy atom. The number of anilines is 1. The van der Waals surface area contributed by atoms with E-state index in [9.17, 15) is 4.79 Å². The van der Waals surface area contributed by atoms with Gasteiger partial charge in [0.25, 0.3) is 5.91 Å². The van der Waals surface area contributed by atoms with Crippen LogP contribution >= 0.6 is 23.2 Å². The average molecular weight is 380 g/mol. The van der Waals surface area contributed by atoms with Crippen molar-refractivity contribution in [2.75, 3.05) is 31.1 Å². The zero-order valence-corrected chi connectivity index (χ0v) is 15.4. The van der Waals surface area contributed by atoms with E-state index in [4.69, 9.17) is 27.9 Å².